The molecule has 0 spiro atoms. The molecule has 1 fully saturated rings. The predicted octanol–water partition coefficient (Wildman–Crippen LogP) is 2.45. The number of hydrogen-bond donors (Lipinski definition) is 1. The lowest BCUT2D eigenvalue weighted by Crippen LogP contribution is -2.33. The Kier molecular flexibility index (Phi) is 4.52. The molecule has 6 nitrogen and oxygen atoms in total. The van der Waals surface area contributed by atoms with Crippen LogP contribution in [0.3, 0.4) is 0 Å². The van der Waals surface area contributed by atoms with Crippen molar-refractivity contribution in [3.8, 4) is 0 Å². The average Bonchev–Trinajstić information content (AvgIpc) is 3.10. The maximum atomic E-state index is 12.6. The number of hydrogen-bond acceptors (Lipinski definition) is 5. The number of pyridine rings is 1. The Hall–Kier alpha value is -2.47. The zero-order valence-electron chi connectivity index (χ0n) is 13.0. The summed E-state index contributed by atoms with van der Waals surface area (Å²) in [6, 6.07) is 6.68. The molecule has 3 rings (SSSR count). The Labute approximate surface area is 134 Å². The molecule has 2 aromatic rings. The van der Waals surface area contributed by atoms with Gasteiger partial charge < -0.3 is 14.6 Å². The van der Waals surface area contributed by atoms with Crippen LogP contribution < -0.4 is 5.32 Å². The molecule has 0 saturated carbocycles. The highest BCUT2D eigenvalue weighted by Crippen LogP contribution is 2.21. The van der Waals surface area contributed by atoms with Crippen LogP contribution in [0, 0.1) is 5.92 Å². The largest absolute Gasteiger partial charge is 0.472 e. The second-order valence-electron chi connectivity index (χ2n) is 5.82. The smallest absolute Gasteiger partial charge is 0.260 e. The van der Waals surface area contributed by atoms with E-state index in [1.54, 1.807) is 24.3 Å². The molecule has 1 amide bonds. The van der Waals surface area contributed by atoms with Crippen molar-refractivity contribution >= 4 is 17.5 Å². The Morgan fingerprint density at radius 1 is 1.26 bits per heavy atom. The fourth-order valence-electron chi connectivity index (χ4n) is 2.70. The first-order chi connectivity index (χ1) is 11.1. The van der Waals surface area contributed by atoms with E-state index in [-0.39, 0.29) is 17.6 Å². The minimum atomic E-state index is -0.310. The Morgan fingerprint density at radius 2 is 2.04 bits per heavy atom. The van der Waals surface area contributed by atoms with Gasteiger partial charge in [-0.1, -0.05) is 6.07 Å². The van der Waals surface area contributed by atoms with Crippen LogP contribution in [0.5, 0.6) is 0 Å². The monoisotopic (exact) mass is 313 g/mol. The molecule has 2 aromatic heterocycles. The van der Waals surface area contributed by atoms with E-state index in [4.69, 9.17) is 4.42 Å². The maximum absolute atomic E-state index is 12.6. The van der Waals surface area contributed by atoms with Gasteiger partial charge in [0.15, 0.2) is 5.78 Å². The van der Waals surface area contributed by atoms with Gasteiger partial charge in [0.1, 0.15) is 17.8 Å². The van der Waals surface area contributed by atoms with E-state index in [0.29, 0.717) is 17.1 Å². The summed E-state index contributed by atoms with van der Waals surface area (Å²) in [6.07, 6.45) is 4.50. The highest BCUT2D eigenvalue weighted by Gasteiger charge is 2.25. The summed E-state index contributed by atoms with van der Waals surface area (Å²) < 4.78 is 4.88. The van der Waals surface area contributed by atoms with E-state index < -0.39 is 0 Å². The van der Waals surface area contributed by atoms with Gasteiger partial charge in [0.25, 0.3) is 5.91 Å². The van der Waals surface area contributed by atoms with Gasteiger partial charge in [0.2, 0.25) is 0 Å². The number of rotatable bonds is 4. The molecule has 0 bridgehead atoms. The van der Waals surface area contributed by atoms with E-state index in [1.165, 1.54) is 12.5 Å². The molecule has 0 unspecified atom stereocenters. The predicted molar refractivity (Wildman–Crippen MR) is 85.4 cm³/mol. The second-order valence-corrected chi connectivity index (χ2v) is 5.82. The molecule has 1 aliphatic rings. The third kappa shape index (κ3) is 3.65. The zero-order valence-corrected chi connectivity index (χ0v) is 13.0. The van der Waals surface area contributed by atoms with Crippen LogP contribution in [-0.2, 0) is 0 Å². The molecule has 120 valence electrons. The molecule has 1 saturated heterocycles. The van der Waals surface area contributed by atoms with Crippen LogP contribution in [0.4, 0.5) is 5.82 Å². The highest BCUT2D eigenvalue weighted by molar-refractivity contribution is 6.04. The topological polar surface area (TPSA) is 75.4 Å². The molecular weight excluding hydrogens is 294 g/mol. The molecule has 0 radical (unpaired) electrons. The first-order valence-corrected chi connectivity index (χ1v) is 7.67. The molecular formula is C17H19N3O3. The van der Waals surface area contributed by atoms with E-state index in [9.17, 15) is 9.59 Å². The number of anilines is 1. The Bertz CT molecular complexity index is 689. The number of likely N-dealkylation sites (tertiary alicyclic amines) is 1. The van der Waals surface area contributed by atoms with E-state index in [2.05, 4.69) is 22.2 Å². The summed E-state index contributed by atoms with van der Waals surface area (Å²) in [5.74, 6) is 0.126. The van der Waals surface area contributed by atoms with Crippen molar-refractivity contribution in [3.63, 3.8) is 0 Å². The van der Waals surface area contributed by atoms with Crippen LogP contribution in [0.2, 0.25) is 0 Å². The zero-order chi connectivity index (χ0) is 16.2. The molecule has 3 heterocycles. The number of furan rings is 1. The van der Waals surface area contributed by atoms with Gasteiger partial charge in [0, 0.05) is 5.92 Å². The lowest BCUT2D eigenvalue weighted by Gasteiger charge is -2.27. The molecule has 0 atom stereocenters. The maximum Gasteiger partial charge on any atom is 0.260 e. The SMILES string of the molecule is CN1CCC(C(=O)c2cccc(NC(=O)c3ccoc3)n2)CC1. The number of aromatic nitrogens is 1. The Balaban J connectivity index is 1.69. The number of carbonyl (C=O) groups is 2. The van der Waals surface area contributed by atoms with Crippen molar-refractivity contribution in [3.05, 3.63) is 48.0 Å². The van der Waals surface area contributed by atoms with Crippen LogP contribution >= 0.6 is 0 Å². The number of Topliss-reactive ketones (excluding diaryl/α,β-unsaturated/α-hetero) is 1. The Morgan fingerprint density at radius 3 is 2.74 bits per heavy atom. The highest BCUT2D eigenvalue weighted by atomic mass is 16.3. The van der Waals surface area contributed by atoms with Crippen molar-refractivity contribution in [2.75, 3.05) is 25.5 Å². The summed E-state index contributed by atoms with van der Waals surface area (Å²) in [5.41, 5.74) is 0.823. The minimum absolute atomic E-state index is 0.0125. The van der Waals surface area contributed by atoms with Crippen LogP contribution in [0.15, 0.2) is 41.2 Å². The fraction of sp³-hybridized carbons (Fsp3) is 0.353. The van der Waals surface area contributed by atoms with Gasteiger partial charge >= 0.3 is 0 Å². The molecule has 1 N–H and O–H groups in total. The fourth-order valence-corrected chi connectivity index (χ4v) is 2.70. The van der Waals surface area contributed by atoms with Gasteiger partial charge in [-0.05, 0) is 51.2 Å². The standard InChI is InChI=1S/C17H19N3O3/c1-20-8-5-12(6-9-20)16(21)14-3-2-4-15(18-14)19-17(22)13-7-10-23-11-13/h2-4,7,10-12H,5-6,8-9H2,1H3,(H,18,19,22). The van der Waals surface area contributed by atoms with E-state index in [0.717, 1.165) is 25.9 Å². The molecule has 6 heteroatoms. The number of amides is 1. The molecule has 23 heavy (non-hydrogen) atoms. The van der Waals surface area contributed by atoms with Crippen molar-refractivity contribution in [2.45, 2.75) is 12.8 Å². The normalized spacial score (nSPS) is 16.2. The van der Waals surface area contributed by atoms with E-state index in [1.807, 2.05) is 0 Å². The number of ketones is 1. The molecule has 1 aliphatic heterocycles. The second kappa shape index (κ2) is 6.75. The van der Waals surface area contributed by atoms with Crippen LogP contribution in [-0.4, -0.2) is 41.7 Å². The van der Waals surface area contributed by atoms with Gasteiger partial charge in [-0.3, -0.25) is 9.59 Å². The van der Waals surface area contributed by atoms with Crippen molar-refractivity contribution in [2.24, 2.45) is 5.92 Å². The first kappa shape index (κ1) is 15.4. The third-order valence-corrected chi connectivity index (χ3v) is 4.12. The van der Waals surface area contributed by atoms with Gasteiger partial charge in [0.05, 0.1) is 11.8 Å². The summed E-state index contributed by atoms with van der Waals surface area (Å²) in [4.78, 5) is 31.1. The van der Waals surface area contributed by atoms with Gasteiger partial charge in [-0.25, -0.2) is 4.98 Å². The third-order valence-electron chi connectivity index (χ3n) is 4.12. The van der Waals surface area contributed by atoms with Crippen molar-refractivity contribution in [1.29, 1.82) is 0 Å². The van der Waals surface area contributed by atoms with Gasteiger partial charge in [-0.2, -0.15) is 0 Å². The van der Waals surface area contributed by atoms with Crippen molar-refractivity contribution < 1.29 is 14.0 Å². The lowest BCUT2D eigenvalue weighted by molar-refractivity contribution is 0.0851. The molecule has 0 aliphatic carbocycles. The average molecular weight is 313 g/mol. The number of nitrogens with one attached hydrogen (secondary N) is 1. The van der Waals surface area contributed by atoms with Crippen LogP contribution in [0.1, 0.15) is 33.7 Å². The summed E-state index contributed by atoms with van der Waals surface area (Å²) in [6.45, 7) is 1.85. The van der Waals surface area contributed by atoms with Crippen molar-refractivity contribution in [1.82, 2.24) is 9.88 Å². The van der Waals surface area contributed by atoms with Gasteiger partial charge in [-0.15, -0.1) is 0 Å². The molecule has 0 aromatic carbocycles. The lowest BCUT2D eigenvalue weighted by atomic mass is 9.91. The number of piperidine rings is 1. The number of carbonyl (C=O) groups excluding carboxylic acids is 2. The van der Waals surface area contributed by atoms with E-state index >= 15 is 0 Å². The quantitative estimate of drug-likeness (QED) is 0.878. The first-order valence-electron chi connectivity index (χ1n) is 7.67. The summed E-state index contributed by atoms with van der Waals surface area (Å²) >= 11 is 0. The summed E-state index contributed by atoms with van der Waals surface area (Å²) in [7, 11) is 2.06. The summed E-state index contributed by atoms with van der Waals surface area (Å²) in [5, 5.41) is 2.68. The minimum Gasteiger partial charge on any atom is -0.472 e. The number of nitrogens with zero attached hydrogens (tertiary/aromatic N) is 2. The van der Waals surface area contributed by atoms with Crippen LogP contribution in [0.25, 0.3) is 0 Å².